The molecular weight excluding hydrogens is 373 g/mol. The molecular formula is C12H8BrF3N2O2S. The first kappa shape index (κ1) is 15.8. The van der Waals surface area contributed by atoms with Crippen LogP contribution in [0, 0.1) is 0 Å². The monoisotopic (exact) mass is 380 g/mol. The van der Waals surface area contributed by atoms with Crippen LogP contribution in [0.25, 0.3) is 0 Å². The third kappa shape index (κ3) is 3.53. The van der Waals surface area contributed by atoms with Crippen LogP contribution in [0.15, 0.2) is 52.1 Å². The number of sulfonamides is 1. The lowest BCUT2D eigenvalue weighted by Gasteiger charge is -2.14. The number of pyridine rings is 1. The van der Waals surface area contributed by atoms with E-state index in [1.807, 2.05) is 0 Å². The van der Waals surface area contributed by atoms with Gasteiger partial charge in [-0.25, -0.2) is 8.42 Å². The summed E-state index contributed by atoms with van der Waals surface area (Å²) in [6, 6.07) is 5.31. The molecule has 0 radical (unpaired) electrons. The Morgan fingerprint density at radius 2 is 1.81 bits per heavy atom. The van der Waals surface area contributed by atoms with Crippen LogP contribution in [0.1, 0.15) is 5.56 Å². The predicted molar refractivity (Wildman–Crippen MR) is 74.2 cm³/mol. The summed E-state index contributed by atoms with van der Waals surface area (Å²) in [5, 5.41) is 0. The molecule has 0 atom stereocenters. The van der Waals surface area contributed by atoms with E-state index < -0.39 is 26.7 Å². The van der Waals surface area contributed by atoms with Crippen molar-refractivity contribution < 1.29 is 21.6 Å². The summed E-state index contributed by atoms with van der Waals surface area (Å²) >= 11 is 3.07. The fraction of sp³-hybridized carbons (Fsp3) is 0.0833. The van der Waals surface area contributed by atoms with Crippen molar-refractivity contribution in [1.29, 1.82) is 0 Å². The minimum Gasteiger partial charge on any atom is -0.278 e. The van der Waals surface area contributed by atoms with Gasteiger partial charge in [0, 0.05) is 12.4 Å². The van der Waals surface area contributed by atoms with Crippen LogP contribution < -0.4 is 4.72 Å². The average Bonchev–Trinajstić information content (AvgIpc) is 2.40. The first-order valence-electron chi connectivity index (χ1n) is 5.50. The lowest BCUT2D eigenvalue weighted by molar-refractivity contribution is -0.139. The van der Waals surface area contributed by atoms with E-state index in [2.05, 4.69) is 25.6 Å². The van der Waals surface area contributed by atoms with Gasteiger partial charge in [-0.2, -0.15) is 13.2 Å². The molecule has 0 aliphatic heterocycles. The van der Waals surface area contributed by atoms with Crippen LogP contribution in [0.2, 0.25) is 0 Å². The molecule has 1 aromatic heterocycles. The van der Waals surface area contributed by atoms with Gasteiger partial charge in [0.2, 0.25) is 0 Å². The number of hydrogen-bond acceptors (Lipinski definition) is 3. The van der Waals surface area contributed by atoms with Crippen molar-refractivity contribution in [2.24, 2.45) is 0 Å². The molecule has 0 saturated carbocycles. The maximum absolute atomic E-state index is 12.9. The summed E-state index contributed by atoms with van der Waals surface area (Å²) in [5.41, 5.74) is -1.12. The van der Waals surface area contributed by atoms with Crippen molar-refractivity contribution in [3.63, 3.8) is 0 Å². The number of nitrogens with one attached hydrogen (secondary N) is 1. The highest BCUT2D eigenvalue weighted by atomic mass is 79.9. The Labute approximate surface area is 127 Å². The molecule has 21 heavy (non-hydrogen) atoms. The number of nitrogens with zero attached hydrogens (tertiary/aromatic N) is 1. The topological polar surface area (TPSA) is 59.1 Å². The zero-order valence-electron chi connectivity index (χ0n) is 10.2. The summed E-state index contributed by atoms with van der Waals surface area (Å²) in [5.74, 6) is 0. The Kier molecular flexibility index (Phi) is 4.24. The molecule has 0 bridgehead atoms. The molecule has 4 nitrogen and oxygen atoms in total. The second-order valence-corrected chi connectivity index (χ2v) is 6.46. The van der Waals surface area contributed by atoms with Crippen molar-refractivity contribution >= 4 is 31.6 Å². The molecule has 0 saturated heterocycles. The number of anilines is 1. The summed E-state index contributed by atoms with van der Waals surface area (Å²) in [7, 11) is -4.38. The molecule has 0 fully saturated rings. The van der Waals surface area contributed by atoms with Crippen LogP contribution in [0.4, 0.5) is 18.9 Å². The second-order valence-electron chi connectivity index (χ2n) is 3.95. The van der Waals surface area contributed by atoms with Gasteiger partial charge >= 0.3 is 6.18 Å². The van der Waals surface area contributed by atoms with Crippen LogP contribution in [0.5, 0.6) is 0 Å². The van der Waals surface area contributed by atoms with Gasteiger partial charge in [0.15, 0.2) is 0 Å². The van der Waals surface area contributed by atoms with Gasteiger partial charge in [0.1, 0.15) is 0 Å². The Morgan fingerprint density at radius 1 is 1.14 bits per heavy atom. The van der Waals surface area contributed by atoms with Gasteiger partial charge < -0.3 is 0 Å². The van der Waals surface area contributed by atoms with E-state index in [1.165, 1.54) is 24.5 Å². The maximum Gasteiger partial charge on any atom is 0.417 e. The molecule has 0 spiro atoms. The fourth-order valence-corrected chi connectivity index (χ4v) is 3.38. The Bertz CT molecular complexity index is 763. The summed E-state index contributed by atoms with van der Waals surface area (Å²) in [6.45, 7) is 0. The highest BCUT2D eigenvalue weighted by Gasteiger charge is 2.36. The largest absolute Gasteiger partial charge is 0.417 e. The van der Waals surface area contributed by atoms with Crippen molar-refractivity contribution in [3.8, 4) is 0 Å². The third-order valence-electron chi connectivity index (χ3n) is 2.50. The molecule has 0 unspecified atom stereocenters. The van der Waals surface area contributed by atoms with Crippen molar-refractivity contribution in [3.05, 3.63) is 52.8 Å². The number of rotatable bonds is 3. The van der Waals surface area contributed by atoms with E-state index in [1.54, 1.807) is 0 Å². The molecule has 1 aromatic carbocycles. The minimum absolute atomic E-state index is 0.0991. The molecule has 1 N–H and O–H groups in total. The van der Waals surface area contributed by atoms with Crippen molar-refractivity contribution in [1.82, 2.24) is 4.98 Å². The normalized spacial score (nSPS) is 12.2. The molecule has 2 rings (SSSR count). The van der Waals surface area contributed by atoms with Crippen LogP contribution in [-0.4, -0.2) is 13.4 Å². The molecule has 0 aliphatic rings. The first-order chi connectivity index (χ1) is 9.72. The van der Waals surface area contributed by atoms with E-state index in [-0.39, 0.29) is 5.69 Å². The standard InChI is InChI=1S/C12H8BrF3N2O2S/c13-9-7-17-6-5-10(9)18-21(19,20)11-4-2-1-3-8(11)12(14,15)16/h1-7H,(H,17,18). The quantitative estimate of drug-likeness (QED) is 0.883. The van der Waals surface area contributed by atoms with Crippen molar-refractivity contribution in [2.45, 2.75) is 11.1 Å². The Balaban J connectivity index is 2.49. The molecule has 2 aromatic rings. The van der Waals surface area contributed by atoms with E-state index in [9.17, 15) is 21.6 Å². The third-order valence-corrected chi connectivity index (χ3v) is 4.55. The smallest absolute Gasteiger partial charge is 0.278 e. The summed E-state index contributed by atoms with van der Waals surface area (Å²) < 4.78 is 65.4. The highest BCUT2D eigenvalue weighted by molar-refractivity contribution is 9.10. The number of aromatic nitrogens is 1. The zero-order valence-corrected chi connectivity index (χ0v) is 12.6. The van der Waals surface area contributed by atoms with Crippen molar-refractivity contribution in [2.75, 3.05) is 4.72 Å². The second kappa shape index (κ2) is 5.64. The van der Waals surface area contributed by atoms with E-state index >= 15 is 0 Å². The van der Waals surface area contributed by atoms with Gasteiger partial charge in [0.05, 0.1) is 20.6 Å². The van der Waals surface area contributed by atoms with Gasteiger partial charge in [-0.1, -0.05) is 12.1 Å². The van der Waals surface area contributed by atoms with Gasteiger partial charge in [-0.05, 0) is 34.1 Å². The number of alkyl halides is 3. The number of halogens is 4. The average molecular weight is 381 g/mol. The molecule has 112 valence electrons. The SMILES string of the molecule is O=S(=O)(Nc1ccncc1Br)c1ccccc1C(F)(F)F. The van der Waals surface area contributed by atoms with E-state index in [0.717, 1.165) is 18.2 Å². The summed E-state index contributed by atoms with van der Waals surface area (Å²) in [6.07, 6.45) is -2.12. The fourth-order valence-electron chi connectivity index (χ4n) is 1.59. The van der Waals surface area contributed by atoms with Gasteiger partial charge in [-0.15, -0.1) is 0 Å². The van der Waals surface area contributed by atoms with E-state index in [4.69, 9.17) is 0 Å². The molecule has 0 amide bonds. The molecule has 0 aliphatic carbocycles. The van der Waals surface area contributed by atoms with Gasteiger partial charge in [-0.3, -0.25) is 9.71 Å². The van der Waals surface area contributed by atoms with Gasteiger partial charge in [0.25, 0.3) is 10.0 Å². The highest BCUT2D eigenvalue weighted by Crippen LogP contribution is 2.35. The maximum atomic E-state index is 12.9. The first-order valence-corrected chi connectivity index (χ1v) is 7.78. The molecule has 9 heteroatoms. The number of hydrogen-bond donors (Lipinski definition) is 1. The lowest BCUT2D eigenvalue weighted by atomic mass is 10.2. The Morgan fingerprint density at radius 3 is 2.43 bits per heavy atom. The minimum atomic E-state index is -4.76. The summed E-state index contributed by atoms with van der Waals surface area (Å²) in [4.78, 5) is 2.91. The zero-order chi connectivity index (χ0) is 15.7. The van der Waals surface area contributed by atoms with E-state index in [0.29, 0.717) is 4.47 Å². The molecule has 1 heterocycles. The van der Waals surface area contributed by atoms with Crippen LogP contribution in [-0.2, 0) is 16.2 Å². The Hall–Kier alpha value is -1.61. The lowest BCUT2D eigenvalue weighted by Crippen LogP contribution is -2.19. The number of benzene rings is 1. The van der Waals surface area contributed by atoms with Crippen LogP contribution >= 0.6 is 15.9 Å². The predicted octanol–water partition coefficient (Wildman–Crippen LogP) is 3.66. The van der Waals surface area contributed by atoms with Crippen LogP contribution in [0.3, 0.4) is 0 Å².